The van der Waals surface area contributed by atoms with Crippen molar-refractivity contribution in [1.29, 1.82) is 0 Å². The maximum Gasteiger partial charge on any atom is 0.336 e. The number of aromatic carboxylic acids is 1. The molecule has 192 valence electrons. The van der Waals surface area contributed by atoms with E-state index < -0.39 is 21.9 Å². The van der Waals surface area contributed by atoms with Crippen LogP contribution in [0.5, 0.6) is 0 Å². The number of nitrogens with zero attached hydrogens (tertiary/aromatic N) is 2. The van der Waals surface area contributed by atoms with Crippen LogP contribution in [0.2, 0.25) is 0 Å². The van der Waals surface area contributed by atoms with Crippen LogP contribution in [0.15, 0.2) is 70.9 Å². The molecule has 0 aliphatic rings. The number of aromatic nitrogens is 3. The van der Waals surface area contributed by atoms with Crippen molar-refractivity contribution in [2.45, 2.75) is 18.2 Å². The minimum absolute atomic E-state index is 0.0168. The average molecular weight is 548 g/mol. The number of aryl methyl sites for hydroxylation is 1. The van der Waals surface area contributed by atoms with Gasteiger partial charge in [0.25, 0.3) is 15.9 Å². The minimum atomic E-state index is -4.01. The first-order chi connectivity index (χ1) is 18.2. The number of pyridine rings is 1. The summed E-state index contributed by atoms with van der Waals surface area (Å²) in [5.41, 5.74) is 8.95. The number of carbonyl (C=O) groups excluding carboxylic acids is 1. The summed E-state index contributed by atoms with van der Waals surface area (Å²) in [7, 11) is -4.01. The van der Waals surface area contributed by atoms with E-state index in [2.05, 4.69) is 26.8 Å². The van der Waals surface area contributed by atoms with Crippen LogP contribution >= 0.6 is 11.3 Å². The molecule has 5 aromatic rings. The van der Waals surface area contributed by atoms with Crippen molar-refractivity contribution in [2.24, 2.45) is 5.73 Å². The van der Waals surface area contributed by atoms with E-state index in [0.29, 0.717) is 22.3 Å². The highest BCUT2D eigenvalue weighted by molar-refractivity contribution is 7.92. The van der Waals surface area contributed by atoms with Gasteiger partial charge in [-0.1, -0.05) is 43.3 Å². The zero-order valence-electron chi connectivity index (χ0n) is 19.9. The number of nitrogens with two attached hydrogens (primary N) is 1. The third-order valence-electron chi connectivity index (χ3n) is 6.00. The standard InChI is InChI=1S/C26H21N5O5S2/c1-2-14-3-5-16(6-4-14)22-21-18(26(33)34)13-20(28-25(21)30-29-22)15-7-9-17(10-8-15)38(35,36)31-19-11-12-37-23(19)24(27)32/h3-13,31H,2H2,1H3,(H2,27,32)(H,33,34)(H,28,29,30). The number of carboxylic acid groups (broad SMARTS) is 1. The second kappa shape index (κ2) is 9.72. The van der Waals surface area contributed by atoms with Crippen LogP contribution in [0.3, 0.4) is 0 Å². The van der Waals surface area contributed by atoms with E-state index in [1.165, 1.54) is 36.4 Å². The van der Waals surface area contributed by atoms with Gasteiger partial charge in [-0.2, -0.15) is 5.10 Å². The van der Waals surface area contributed by atoms with Crippen LogP contribution < -0.4 is 10.5 Å². The van der Waals surface area contributed by atoms with Gasteiger partial charge in [0.2, 0.25) is 0 Å². The molecule has 0 bridgehead atoms. The van der Waals surface area contributed by atoms with Gasteiger partial charge in [0.15, 0.2) is 5.65 Å². The molecule has 0 fully saturated rings. The lowest BCUT2D eigenvalue weighted by Gasteiger charge is -2.09. The number of hydrogen-bond acceptors (Lipinski definition) is 7. The molecule has 2 aromatic carbocycles. The van der Waals surface area contributed by atoms with Crippen molar-refractivity contribution < 1.29 is 23.1 Å². The monoisotopic (exact) mass is 547 g/mol. The molecule has 0 aliphatic heterocycles. The van der Waals surface area contributed by atoms with Crippen molar-refractivity contribution in [2.75, 3.05) is 4.72 Å². The Bertz CT molecular complexity index is 1790. The smallest absolute Gasteiger partial charge is 0.336 e. The molecule has 10 nitrogen and oxygen atoms in total. The number of aromatic amines is 1. The van der Waals surface area contributed by atoms with Gasteiger partial charge in [-0.25, -0.2) is 18.2 Å². The topological polar surface area (TPSA) is 168 Å². The number of carbonyl (C=O) groups is 2. The van der Waals surface area contributed by atoms with Gasteiger partial charge < -0.3 is 10.8 Å². The second-order valence-electron chi connectivity index (χ2n) is 8.37. The third kappa shape index (κ3) is 4.62. The highest BCUT2D eigenvalue weighted by Gasteiger charge is 2.22. The molecule has 12 heteroatoms. The van der Waals surface area contributed by atoms with Crippen molar-refractivity contribution in [1.82, 2.24) is 15.2 Å². The normalized spacial score (nSPS) is 11.5. The molecule has 0 spiro atoms. The van der Waals surface area contributed by atoms with Crippen molar-refractivity contribution in [3.63, 3.8) is 0 Å². The predicted molar refractivity (Wildman–Crippen MR) is 145 cm³/mol. The van der Waals surface area contributed by atoms with Gasteiger partial charge in [0.05, 0.1) is 32.9 Å². The summed E-state index contributed by atoms with van der Waals surface area (Å²) in [6, 6.07) is 16.4. The van der Waals surface area contributed by atoms with Gasteiger partial charge >= 0.3 is 5.97 Å². The number of hydrogen-bond donors (Lipinski definition) is 4. The summed E-state index contributed by atoms with van der Waals surface area (Å²) in [5.74, 6) is -1.88. The number of anilines is 1. The Morgan fingerprint density at radius 2 is 1.74 bits per heavy atom. The van der Waals surface area contributed by atoms with Crippen molar-refractivity contribution >= 4 is 50.0 Å². The van der Waals surface area contributed by atoms with Crippen LogP contribution in [0.25, 0.3) is 33.5 Å². The zero-order valence-corrected chi connectivity index (χ0v) is 21.6. The minimum Gasteiger partial charge on any atom is -0.478 e. The van der Waals surface area contributed by atoms with Crippen LogP contribution in [0.1, 0.15) is 32.5 Å². The van der Waals surface area contributed by atoms with E-state index in [0.717, 1.165) is 28.9 Å². The first-order valence-corrected chi connectivity index (χ1v) is 13.8. The number of thiophene rings is 1. The number of carboxylic acids is 1. The van der Waals surface area contributed by atoms with E-state index >= 15 is 0 Å². The summed E-state index contributed by atoms with van der Waals surface area (Å²) < 4.78 is 28.1. The van der Waals surface area contributed by atoms with Gasteiger partial charge in [-0.3, -0.25) is 14.6 Å². The lowest BCUT2D eigenvalue weighted by Crippen LogP contribution is -2.16. The molecule has 5 N–H and O–H groups in total. The number of nitrogens with one attached hydrogen (secondary N) is 2. The highest BCUT2D eigenvalue weighted by Crippen LogP contribution is 2.32. The Labute approximate surface area is 221 Å². The molecule has 0 aliphatic carbocycles. The number of fused-ring (bicyclic) bond motifs is 1. The Morgan fingerprint density at radius 1 is 1.05 bits per heavy atom. The number of sulfonamides is 1. The third-order valence-corrected chi connectivity index (χ3v) is 8.31. The Morgan fingerprint density at radius 3 is 2.37 bits per heavy atom. The first-order valence-electron chi connectivity index (χ1n) is 11.4. The van der Waals surface area contributed by atoms with Crippen LogP contribution in [-0.2, 0) is 16.4 Å². The Balaban J connectivity index is 1.50. The quantitative estimate of drug-likeness (QED) is 0.221. The first kappa shape index (κ1) is 25.1. The molecular weight excluding hydrogens is 526 g/mol. The van der Waals surface area contributed by atoms with Gasteiger partial charge in [0, 0.05) is 11.1 Å². The summed E-state index contributed by atoms with van der Waals surface area (Å²) in [5, 5.41) is 19.1. The maximum absolute atomic E-state index is 12.9. The summed E-state index contributed by atoms with van der Waals surface area (Å²) in [6.45, 7) is 2.05. The molecule has 1 amide bonds. The largest absolute Gasteiger partial charge is 0.478 e. The number of amides is 1. The molecule has 0 atom stereocenters. The van der Waals surface area contributed by atoms with E-state index in [9.17, 15) is 23.1 Å². The highest BCUT2D eigenvalue weighted by atomic mass is 32.2. The number of primary amides is 1. The van der Waals surface area contributed by atoms with Gasteiger partial charge in [-0.15, -0.1) is 11.3 Å². The van der Waals surface area contributed by atoms with E-state index in [1.54, 1.807) is 5.38 Å². The van der Waals surface area contributed by atoms with Gasteiger partial charge in [0.1, 0.15) is 4.88 Å². The van der Waals surface area contributed by atoms with Crippen molar-refractivity contribution in [3.05, 3.63) is 82.0 Å². The predicted octanol–water partition coefficient (Wildman–Crippen LogP) is 4.51. The molecule has 5 rings (SSSR count). The van der Waals surface area contributed by atoms with E-state index in [4.69, 9.17) is 5.73 Å². The molecule has 3 heterocycles. The van der Waals surface area contributed by atoms with E-state index in [-0.39, 0.29) is 26.7 Å². The molecule has 38 heavy (non-hydrogen) atoms. The summed E-state index contributed by atoms with van der Waals surface area (Å²) in [4.78, 5) is 28.3. The Kier molecular flexibility index (Phi) is 6.43. The fourth-order valence-corrected chi connectivity index (χ4v) is 5.88. The van der Waals surface area contributed by atoms with Crippen LogP contribution in [0.4, 0.5) is 5.69 Å². The maximum atomic E-state index is 12.9. The van der Waals surface area contributed by atoms with E-state index in [1.807, 2.05) is 24.3 Å². The number of rotatable bonds is 8. The summed E-state index contributed by atoms with van der Waals surface area (Å²) >= 11 is 1.03. The fourth-order valence-electron chi connectivity index (χ4n) is 4.05. The van der Waals surface area contributed by atoms with Crippen molar-refractivity contribution in [3.8, 4) is 22.5 Å². The lowest BCUT2D eigenvalue weighted by molar-refractivity contribution is 0.0698. The SMILES string of the molecule is CCc1ccc(-c2[nH]nc3nc(-c4ccc(S(=O)(=O)Nc5ccsc5C(N)=O)cc4)cc(C(=O)O)c23)cc1. The second-order valence-corrected chi connectivity index (χ2v) is 11.0. The van der Waals surface area contributed by atoms with Gasteiger partial charge in [-0.05, 0) is 41.6 Å². The molecule has 0 radical (unpaired) electrons. The molecule has 3 aromatic heterocycles. The zero-order chi connectivity index (χ0) is 27.0. The Hall–Kier alpha value is -4.55. The fraction of sp³-hybridized carbons (Fsp3) is 0.0769. The lowest BCUT2D eigenvalue weighted by atomic mass is 10.0. The molecule has 0 unspecified atom stereocenters. The molecule has 0 saturated carbocycles. The number of benzene rings is 2. The summed E-state index contributed by atoms with van der Waals surface area (Å²) in [6.07, 6.45) is 0.883. The average Bonchev–Trinajstić information content (AvgIpc) is 3.55. The molecular formula is C26H21N5O5S2. The number of H-pyrrole nitrogens is 1. The van der Waals surface area contributed by atoms with Crippen LogP contribution in [-0.4, -0.2) is 40.6 Å². The molecule has 0 saturated heterocycles. The van der Waals surface area contributed by atoms with Crippen LogP contribution in [0, 0.1) is 0 Å².